The lowest BCUT2D eigenvalue weighted by molar-refractivity contribution is 0.00186. The van der Waals surface area contributed by atoms with E-state index in [0.717, 1.165) is 12.8 Å². The monoisotopic (exact) mass is 175 g/mol. The van der Waals surface area contributed by atoms with Crippen LogP contribution < -0.4 is 0 Å². The molecule has 0 saturated carbocycles. The zero-order valence-electron chi connectivity index (χ0n) is 7.79. The molecule has 0 bridgehead atoms. The van der Waals surface area contributed by atoms with Crippen LogP contribution in [0.1, 0.15) is 19.8 Å². The third-order valence-electron chi connectivity index (χ3n) is 1.48. The number of rotatable bonds is 8. The number of aliphatic hydroxyl groups excluding tert-OH is 1. The van der Waals surface area contributed by atoms with Crippen molar-refractivity contribution in [3.63, 3.8) is 0 Å². The summed E-state index contributed by atoms with van der Waals surface area (Å²) in [7, 11) is 0. The summed E-state index contributed by atoms with van der Waals surface area (Å²) in [4.78, 5) is 0. The van der Waals surface area contributed by atoms with Crippen molar-refractivity contribution >= 4 is 0 Å². The molecule has 1 N–H and O–H groups in total. The van der Waals surface area contributed by atoms with Gasteiger partial charge in [-0.05, 0) is 13.3 Å². The largest absolute Gasteiger partial charge is 0.394 e. The Balaban J connectivity index is 2.97. The van der Waals surface area contributed by atoms with E-state index in [0.29, 0.717) is 19.8 Å². The van der Waals surface area contributed by atoms with Crippen molar-refractivity contribution in [2.75, 3.05) is 26.4 Å². The summed E-state index contributed by atoms with van der Waals surface area (Å²) in [5, 5.41) is 8.38. The van der Waals surface area contributed by atoms with E-state index in [2.05, 4.69) is 6.92 Å². The molecule has 0 aromatic carbocycles. The Bertz CT molecular complexity index is 85.8. The van der Waals surface area contributed by atoms with Gasteiger partial charge in [-0.15, -0.1) is 0 Å². The topological polar surface area (TPSA) is 38.7 Å². The van der Waals surface area contributed by atoms with Gasteiger partial charge < -0.3 is 14.6 Å². The molecule has 1 radical (unpaired) electrons. The Morgan fingerprint density at radius 2 is 2.08 bits per heavy atom. The van der Waals surface area contributed by atoms with E-state index in [4.69, 9.17) is 14.6 Å². The maximum atomic E-state index is 8.38. The minimum absolute atomic E-state index is 0.0778. The molecule has 3 nitrogen and oxygen atoms in total. The second kappa shape index (κ2) is 8.97. The summed E-state index contributed by atoms with van der Waals surface area (Å²) in [6, 6.07) is 0. The Labute approximate surface area is 74.7 Å². The van der Waals surface area contributed by atoms with Gasteiger partial charge in [-0.3, -0.25) is 0 Å². The van der Waals surface area contributed by atoms with Crippen LogP contribution in [0.25, 0.3) is 0 Å². The van der Waals surface area contributed by atoms with Crippen LogP contribution in [0, 0.1) is 6.92 Å². The smallest absolute Gasteiger partial charge is 0.0704 e. The van der Waals surface area contributed by atoms with E-state index < -0.39 is 0 Å². The molecule has 0 aliphatic carbocycles. The fourth-order valence-corrected chi connectivity index (χ4v) is 0.846. The molecule has 0 aromatic heterocycles. The minimum Gasteiger partial charge on any atom is -0.394 e. The molecule has 3 heteroatoms. The second-order valence-electron chi connectivity index (χ2n) is 2.66. The number of hydrogen-bond donors (Lipinski definition) is 1. The first-order valence-electron chi connectivity index (χ1n) is 4.40. The van der Waals surface area contributed by atoms with Gasteiger partial charge in [0.1, 0.15) is 0 Å². The Morgan fingerprint density at radius 3 is 2.67 bits per heavy atom. The molecule has 73 valence electrons. The lowest BCUT2D eigenvalue weighted by Crippen LogP contribution is -2.13. The number of aliphatic hydroxyl groups is 1. The van der Waals surface area contributed by atoms with Gasteiger partial charge in [0.15, 0.2) is 0 Å². The highest BCUT2D eigenvalue weighted by molar-refractivity contribution is 4.51. The fraction of sp³-hybridized carbons (Fsp3) is 0.889. The predicted molar refractivity (Wildman–Crippen MR) is 47.9 cm³/mol. The van der Waals surface area contributed by atoms with Crippen molar-refractivity contribution in [1.29, 1.82) is 0 Å². The summed E-state index contributed by atoms with van der Waals surface area (Å²) < 4.78 is 10.4. The molecule has 0 heterocycles. The van der Waals surface area contributed by atoms with Crippen molar-refractivity contribution < 1.29 is 14.6 Å². The maximum absolute atomic E-state index is 8.38. The fourth-order valence-electron chi connectivity index (χ4n) is 0.846. The molecule has 0 aliphatic rings. The van der Waals surface area contributed by atoms with Crippen LogP contribution in [-0.4, -0.2) is 37.6 Å². The standard InChI is InChI=1S/C9H19O3/c1-3-4-9(2)12-8-7-11-6-5-10/h9-10H,1,3-8H2,2H3. The summed E-state index contributed by atoms with van der Waals surface area (Å²) >= 11 is 0. The van der Waals surface area contributed by atoms with Crippen molar-refractivity contribution in [3.8, 4) is 0 Å². The predicted octanol–water partition coefficient (Wildman–Crippen LogP) is 1.01. The second-order valence-corrected chi connectivity index (χ2v) is 2.66. The van der Waals surface area contributed by atoms with E-state index in [1.807, 2.05) is 6.92 Å². The molecular formula is C9H19O3. The minimum atomic E-state index is 0.0778. The zero-order valence-corrected chi connectivity index (χ0v) is 7.79. The first kappa shape index (κ1) is 11.9. The van der Waals surface area contributed by atoms with Crippen molar-refractivity contribution in [2.24, 2.45) is 0 Å². The van der Waals surface area contributed by atoms with E-state index in [-0.39, 0.29) is 12.7 Å². The molecule has 1 unspecified atom stereocenters. The third-order valence-corrected chi connectivity index (χ3v) is 1.48. The first-order chi connectivity index (χ1) is 5.81. The van der Waals surface area contributed by atoms with Crippen LogP contribution in [0.2, 0.25) is 0 Å². The van der Waals surface area contributed by atoms with E-state index in [9.17, 15) is 0 Å². The van der Waals surface area contributed by atoms with E-state index in [1.54, 1.807) is 0 Å². The summed E-state index contributed by atoms with van der Waals surface area (Å²) in [6.07, 6.45) is 2.15. The summed E-state index contributed by atoms with van der Waals surface area (Å²) in [5.41, 5.74) is 0. The third kappa shape index (κ3) is 7.98. The molecule has 0 aliphatic heterocycles. The lowest BCUT2D eigenvalue weighted by Gasteiger charge is -2.11. The van der Waals surface area contributed by atoms with Crippen LogP contribution in [0.15, 0.2) is 0 Å². The highest BCUT2D eigenvalue weighted by atomic mass is 16.5. The molecule has 0 aromatic rings. The van der Waals surface area contributed by atoms with Crippen molar-refractivity contribution in [2.45, 2.75) is 25.9 Å². The Kier molecular flexibility index (Phi) is 8.88. The quantitative estimate of drug-likeness (QED) is 0.560. The van der Waals surface area contributed by atoms with Gasteiger partial charge in [0.25, 0.3) is 0 Å². The van der Waals surface area contributed by atoms with Crippen LogP contribution >= 0.6 is 0 Å². The van der Waals surface area contributed by atoms with Gasteiger partial charge in [0.2, 0.25) is 0 Å². The first-order valence-corrected chi connectivity index (χ1v) is 4.40. The molecule has 1 atom stereocenters. The van der Waals surface area contributed by atoms with Crippen molar-refractivity contribution in [3.05, 3.63) is 6.92 Å². The highest BCUT2D eigenvalue weighted by Crippen LogP contribution is 1.99. The van der Waals surface area contributed by atoms with Gasteiger partial charge in [-0.25, -0.2) is 0 Å². The molecule has 0 saturated heterocycles. The molecule has 0 spiro atoms. The summed E-state index contributed by atoms with van der Waals surface area (Å²) in [6.45, 7) is 7.39. The average molecular weight is 175 g/mol. The maximum Gasteiger partial charge on any atom is 0.0704 e. The van der Waals surface area contributed by atoms with Crippen LogP contribution in [0.5, 0.6) is 0 Å². The SMILES string of the molecule is [CH2]CCC(C)OCCOCCO. The molecule has 12 heavy (non-hydrogen) atoms. The van der Waals surface area contributed by atoms with Crippen LogP contribution in [0.4, 0.5) is 0 Å². The van der Waals surface area contributed by atoms with Gasteiger partial charge in [0, 0.05) is 0 Å². The van der Waals surface area contributed by atoms with Gasteiger partial charge >= 0.3 is 0 Å². The Morgan fingerprint density at radius 1 is 1.33 bits per heavy atom. The molecule has 0 rings (SSSR count). The van der Waals surface area contributed by atoms with Gasteiger partial charge in [0.05, 0.1) is 32.5 Å². The van der Waals surface area contributed by atoms with Crippen molar-refractivity contribution in [1.82, 2.24) is 0 Å². The summed E-state index contributed by atoms with van der Waals surface area (Å²) in [5.74, 6) is 0. The van der Waals surface area contributed by atoms with Gasteiger partial charge in [-0.2, -0.15) is 0 Å². The van der Waals surface area contributed by atoms with Crippen LogP contribution in [0.3, 0.4) is 0 Å². The lowest BCUT2D eigenvalue weighted by atomic mass is 10.2. The molecule has 0 fully saturated rings. The highest BCUT2D eigenvalue weighted by Gasteiger charge is 1.98. The zero-order chi connectivity index (χ0) is 9.23. The Hall–Kier alpha value is -0.120. The number of ether oxygens (including phenoxy) is 2. The van der Waals surface area contributed by atoms with E-state index >= 15 is 0 Å². The van der Waals surface area contributed by atoms with E-state index in [1.165, 1.54) is 0 Å². The average Bonchev–Trinajstić information content (AvgIpc) is 2.05. The molecular weight excluding hydrogens is 156 g/mol. The number of hydrogen-bond acceptors (Lipinski definition) is 3. The molecule has 0 amide bonds. The normalized spacial score (nSPS) is 13.2. The van der Waals surface area contributed by atoms with Gasteiger partial charge in [-0.1, -0.05) is 13.3 Å². The van der Waals surface area contributed by atoms with Crippen LogP contribution in [-0.2, 0) is 9.47 Å².